The lowest BCUT2D eigenvalue weighted by Gasteiger charge is -2.35. The van der Waals surface area contributed by atoms with E-state index >= 15 is 0 Å². The minimum atomic E-state index is -5.08. The van der Waals surface area contributed by atoms with Gasteiger partial charge in [-0.1, -0.05) is 31.4 Å². The molecule has 0 unspecified atom stereocenters. The minimum Gasteiger partial charge on any atom is -0.475 e. The van der Waals surface area contributed by atoms with Crippen LogP contribution in [-0.4, -0.2) is 94.0 Å². The zero-order valence-corrected chi connectivity index (χ0v) is 25.5. The van der Waals surface area contributed by atoms with E-state index in [0.717, 1.165) is 56.7 Å². The summed E-state index contributed by atoms with van der Waals surface area (Å²) in [6.07, 6.45) is 0.349. The van der Waals surface area contributed by atoms with Crippen LogP contribution in [-0.2, 0) is 16.1 Å². The molecule has 2 aromatic rings. The average Bonchev–Trinajstić information content (AvgIpc) is 3.86. The van der Waals surface area contributed by atoms with Gasteiger partial charge >= 0.3 is 24.3 Å². The highest BCUT2D eigenvalue weighted by Crippen LogP contribution is 2.34. The van der Waals surface area contributed by atoms with Crippen molar-refractivity contribution in [1.82, 2.24) is 20.2 Å². The number of nitrogens with one attached hydrogen (secondary N) is 2. The van der Waals surface area contributed by atoms with Gasteiger partial charge in [0.15, 0.2) is 0 Å². The number of anilines is 2. The predicted octanol–water partition coefficient (Wildman–Crippen LogP) is 4.95. The monoisotopic (exact) mass is 676 g/mol. The van der Waals surface area contributed by atoms with Gasteiger partial charge in [-0.15, -0.1) is 0 Å². The third-order valence-electron chi connectivity index (χ3n) is 7.66. The number of piperazine rings is 1. The van der Waals surface area contributed by atoms with Gasteiger partial charge in [-0.2, -0.15) is 26.3 Å². The van der Waals surface area contributed by atoms with Gasteiger partial charge in [0.2, 0.25) is 0 Å². The van der Waals surface area contributed by atoms with E-state index < -0.39 is 24.3 Å². The van der Waals surface area contributed by atoms with E-state index in [4.69, 9.17) is 19.8 Å². The standard InChI is InChI=1S/C26H36N6O.2C2HF3O2/c33-26(30-22-10-8-20(9-11-22)17-31-14-12-27-13-15-31)24-16-25(29-19-28-24)32(18-21-6-7-21)23-4-2-1-3-5-23;2*3-2(4,5)1(6)7/h8-11,16,19,21,23,27H,1-7,12-15,17-18H2,(H,30,33);2*(H,6,7). The van der Waals surface area contributed by atoms with Crippen molar-refractivity contribution in [2.24, 2.45) is 5.92 Å². The largest absolute Gasteiger partial charge is 0.490 e. The quantitative estimate of drug-likeness (QED) is 0.283. The SMILES string of the molecule is O=C(Nc1ccc(CN2CCNCC2)cc1)c1cc(N(CC2CC2)C2CCCCC2)ncn1.O=C(O)C(F)(F)F.O=C(O)C(F)(F)F. The maximum atomic E-state index is 13.0. The first kappa shape index (κ1) is 37.5. The van der Waals surface area contributed by atoms with Crippen LogP contribution in [0.15, 0.2) is 36.7 Å². The summed E-state index contributed by atoms with van der Waals surface area (Å²) in [7, 11) is 0. The van der Waals surface area contributed by atoms with Gasteiger partial charge in [0.25, 0.3) is 5.91 Å². The molecule has 1 aromatic heterocycles. The Balaban J connectivity index is 0.000000360. The number of carbonyl (C=O) groups is 3. The lowest BCUT2D eigenvalue weighted by Crippen LogP contribution is -2.42. The predicted molar refractivity (Wildman–Crippen MR) is 159 cm³/mol. The normalized spacial score (nSPS) is 17.3. The van der Waals surface area contributed by atoms with Crippen LogP contribution in [0.25, 0.3) is 0 Å². The van der Waals surface area contributed by atoms with Crippen molar-refractivity contribution >= 4 is 29.4 Å². The summed E-state index contributed by atoms with van der Waals surface area (Å²) in [5.41, 5.74) is 2.50. The number of halogens is 6. The van der Waals surface area contributed by atoms with E-state index in [1.165, 1.54) is 50.5 Å². The van der Waals surface area contributed by atoms with E-state index in [-0.39, 0.29) is 5.91 Å². The van der Waals surface area contributed by atoms with Crippen LogP contribution in [0.1, 0.15) is 61.0 Å². The zero-order valence-electron chi connectivity index (χ0n) is 25.5. The van der Waals surface area contributed by atoms with Gasteiger partial charge in [-0.25, -0.2) is 19.6 Å². The molecular formula is C30H38F6N6O5. The molecule has 2 aliphatic carbocycles. The Morgan fingerprint density at radius 1 is 0.872 bits per heavy atom. The number of benzene rings is 1. The Labute approximate surface area is 267 Å². The van der Waals surface area contributed by atoms with Crippen molar-refractivity contribution in [3.8, 4) is 0 Å². The number of carboxylic acid groups (broad SMARTS) is 2. The smallest absolute Gasteiger partial charge is 0.475 e. The number of carboxylic acids is 2. The molecular weight excluding hydrogens is 638 g/mol. The number of alkyl halides is 6. The van der Waals surface area contributed by atoms with Crippen LogP contribution in [0, 0.1) is 5.92 Å². The molecule has 47 heavy (non-hydrogen) atoms. The van der Waals surface area contributed by atoms with Crippen molar-refractivity contribution in [3.05, 3.63) is 47.9 Å². The molecule has 0 atom stereocenters. The van der Waals surface area contributed by atoms with E-state index in [9.17, 15) is 31.1 Å². The Morgan fingerprint density at radius 2 is 1.43 bits per heavy atom. The van der Waals surface area contributed by atoms with Crippen molar-refractivity contribution in [2.75, 3.05) is 42.9 Å². The van der Waals surface area contributed by atoms with Gasteiger partial charge in [0, 0.05) is 57.1 Å². The molecule has 17 heteroatoms. The second kappa shape index (κ2) is 17.2. The Morgan fingerprint density at radius 3 is 1.94 bits per heavy atom. The fourth-order valence-corrected chi connectivity index (χ4v) is 5.05. The van der Waals surface area contributed by atoms with Crippen LogP contribution in [0.3, 0.4) is 0 Å². The molecule has 11 nitrogen and oxygen atoms in total. The third kappa shape index (κ3) is 13.3. The van der Waals surface area contributed by atoms with E-state index in [1.54, 1.807) is 6.33 Å². The van der Waals surface area contributed by atoms with Gasteiger partial charge < -0.3 is 25.7 Å². The van der Waals surface area contributed by atoms with Crippen molar-refractivity contribution in [3.63, 3.8) is 0 Å². The molecule has 3 fully saturated rings. The first-order valence-corrected chi connectivity index (χ1v) is 15.2. The molecule has 1 saturated heterocycles. The van der Waals surface area contributed by atoms with Crippen LogP contribution < -0.4 is 15.5 Å². The molecule has 2 heterocycles. The number of amides is 1. The molecule has 0 radical (unpaired) electrons. The highest BCUT2D eigenvalue weighted by molar-refractivity contribution is 6.03. The number of carbonyl (C=O) groups excluding carboxylic acids is 1. The molecule has 260 valence electrons. The van der Waals surface area contributed by atoms with Crippen LogP contribution >= 0.6 is 0 Å². The molecule has 0 spiro atoms. The lowest BCUT2D eigenvalue weighted by molar-refractivity contribution is -0.193. The second-order valence-electron chi connectivity index (χ2n) is 11.4. The molecule has 1 aromatic carbocycles. The van der Waals surface area contributed by atoms with E-state index in [2.05, 4.69) is 42.5 Å². The lowest BCUT2D eigenvalue weighted by atomic mass is 9.94. The summed E-state index contributed by atoms with van der Waals surface area (Å²) >= 11 is 0. The number of aromatic nitrogens is 2. The molecule has 4 N–H and O–H groups in total. The molecule has 1 aliphatic heterocycles. The Hall–Kier alpha value is -3.99. The fraction of sp³-hybridized carbons (Fsp3) is 0.567. The van der Waals surface area contributed by atoms with Crippen molar-refractivity contribution in [2.45, 2.75) is 69.9 Å². The summed E-state index contributed by atoms with van der Waals surface area (Å²) in [6.45, 7) is 6.25. The topological polar surface area (TPSA) is 148 Å². The van der Waals surface area contributed by atoms with Crippen LogP contribution in [0.5, 0.6) is 0 Å². The second-order valence-corrected chi connectivity index (χ2v) is 11.4. The number of hydrogen-bond acceptors (Lipinski definition) is 8. The molecule has 1 amide bonds. The summed E-state index contributed by atoms with van der Waals surface area (Å²) in [5, 5.41) is 20.7. The summed E-state index contributed by atoms with van der Waals surface area (Å²) in [5.74, 6) is -4.01. The third-order valence-corrected chi connectivity index (χ3v) is 7.66. The van der Waals surface area contributed by atoms with Gasteiger partial charge in [-0.3, -0.25) is 9.69 Å². The number of aliphatic carboxylic acids is 2. The fourth-order valence-electron chi connectivity index (χ4n) is 5.05. The van der Waals surface area contributed by atoms with E-state index in [0.29, 0.717) is 11.7 Å². The van der Waals surface area contributed by atoms with E-state index in [1.807, 2.05) is 18.2 Å². The van der Waals surface area contributed by atoms with Gasteiger partial charge in [0.05, 0.1) is 0 Å². The highest BCUT2D eigenvalue weighted by Gasteiger charge is 2.39. The number of nitrogens with zero attached hydrogens (tertiary/aromatic N) is 4. The average molecular weight is 677 g/mol. The van der Waals surface area contributed by atoms with Gasteiger partial charge in [-0.05, 0) is 49.3 Å². The first-order valence-electron chi connectivity index (χ1n) is 15.2. The summed E-state index contributed by atoms with van der Waals surface area (Å²) < 4.78 is 63.5. The number of hydrogen-bond donors (Lipinski definition) is 4. The number of rotatable bonds is 8. The molecule has 3 aliphatic rings. The Bertz CT molecular complexity index is 1290. The van der Waals surface area contributed by atoms with Crippen molar-refractivity contribution < 1.29 is 50.9 Å². The summed E-state index contributed by atoms with van der Waals surface area (Å²) in [4.78, 5) is 44.5. The molecule has 0 bridgehead atoms. The molecule has 2 saturated carbocycles. The Kier molecular flexibility index (Phi) is 13.7. The first-order chi connectivity index (χ1) is 22.1. The highest BCUT2D eigenvalue weighted by atomic mass is 19.4. The van der Waals surface area contributed by atoms with Crippen LogP contribution in [0.2, 0.25) is 0 Å². The maximum absolute atomic E-state index is 13.0. The minimum absolute atomic E-state index is 0.177. The van der Waals surface area contributed by atoms with Gasteiger partial charge in [0.1, 0.15) is 17.8 Å². The maximum Gasteiger partial charge on any atom is 0.490 e. The molecule has 5 rings (SSSR count). The van der Waals surface area contributed by atoms with Crippen molar-refractivity contribution in [1.29, 1.82) is 0 Å². The summed E-state index contributed by atoms with van der Waals surface area (Å²) in [6, 6.07) is 10.6. The van der Waals surface area contributed by atoms with Crippen LogP contribution in [0.4, 0.5) is 37.8 Å². The zero-order chi connectivity index (χ0) is 34.6.